The fourth-order valence-electron chi connectivity index (χ4n) is 4.99. The number of aromatic nitrogens is 2. The highest BCUT2D eigenvalue weighted by atomic mass is 32.2. The number of amides is 1. The number of halogens is 6. The molecule has 3 rings (SSSR count). The van der Waals surface area contributed by atoms with Crippen LogP contribution >= 0.6 is 0 Å². The molecule has 1 aliphatic rings. The van der Waals surface area contributed by atoms with Gasteiger partial charge in [0.15, 0.2) is 5.75 Å². The van der Waals surface area contributed by atoms with Crippen molar-refractivity contribution in [2.75, 3.05) is 19.3 Å². The lowest BCUT2D eigenvalue weighted by Gasteiger charge is -2.38. The molecule has 0 atom stereocenters. The van der Waals surface area contributed by atoms with Crippen molar-refractivity contribution >= 4 is 15.7 Å². The Bertz CT molecular complexity index is 1490. The van der Waals surface area contributed by atoms with E-state index in [1.54, 1.807) is 13.0 Å². The lowest BCUT2D eigenvalue weighted by atomic mass is 9.84. The Morgan fingerprint density at radius 1 is 1.21 bits per heavy atom. The van der Waals surface area contributed by atoms with Crippen LogP contribution in [0.2, 0.25) is 0 Å². The van der Waals surface area contributed by atoms with E-state index in [4.69, 9.17) is 0 Å². The van der Waals surface area contributed by atoms with Gasteiger partial charge in [-0.2, -0.15) is 18.4 Å². The number of carbonyl (C=O) groups is 1. The molecular formula is C27H32F6N4O5S. The Morgan fingerprint density at radius 3 is 2.30 bits per heavy atom. The summed E-state index contributed by atoms with van der Waals surface area (Å²) in [6, 6.07) is 4.68. The van der Waals surface area contributed by atoms with E-state index in [-0.39, 0.29) is 50.0 Å². The maximum atomic E-state index is 13.4. The molecule has 0 saturated heterocycles. The maximum absolute atomic E-state index is 13.4. The average molecular weight is 639 g/mol. The number of hydrogen-bond acceptors (Lipinski definition) is 7. The van der Waals surface area contributed by atoms with E-state index in [0.29, 0.717) is 0 Å². The third-order valence-corrected chi connectivity index (χ3v) is 9.25. The summed E-state index contributed by atoms with van der Waals surface area (Å²) in [6.45, 7) is 3.32. The molecule has 1 aromatic heterocycles. The molecule has 1 heterocycles. The fourth-order valence-corrected chi connectivity index (χ4v) is 6.08. The zero-order valence-corrected chi connectivity index (χ0v) is 24.7. The number of aliphatic hydroxyl groups is 1. The lowest BCUT2D eigenvalue weighted by Crippen LogP contribution is -2.49. The molecule has 0 spiro atoms. The van der Waals surface area contributed by atoms with Gasteiger partial charge < -0.3 is 14.7 Å². The Hall–Kier alpha value is -3.32. The number of likely N-dealkylation sites (N-methyl/N-ethyl adjacent to an activating group) is 1. The molecule has 1 fully saturated rings. The Morgan fingerprint density at radius 2 is 1.81 bits per heavy atom. The molecule has 9 nitrogen and oxygen atoms in total. The number of benzene rings is 1. The number of imidazole rings is 1. The van der Waals surface area contributed by atoms with Crippen molar-refractivity contribution in [1.82, 2.24) is 14.5 Å². The van der Waals surface area contributed by atoms with Gasteiger partial charge in [0.2, 0.25) is 5.82 Å². The molecule has 2 aromatic rings. The Labute approximate surface area is 245 Å². The predicted octanol–water partition coefficient (Wildman–Crippen LogP) is 4.95. The fraction of sp³-hybridized carbons (Fsp3) is 0.593. The van der Waals surface area contributed by atoms with Crippen LogP contribution in [0.15, 0.2) is 24.4 Å². The van der Waals surface area contributed by atoms with E-state index < -0.39 is 68.2 Å². The van der Waals surface area contributed by atoms with Crippen LogP contribution in [-0.2, 0) is 16.3 Å². The maximum Gasteiger partial charge on any atom is 0.573 e. The van der Waals surface area contributed by atoms with E-state index in [0.717, 1.165) is 49.1 Å². The zero-order chi connectivity index (χ0) is 32.6. The molecule has 0 aliphatic heterocycles. The van der Waals surface area contributed by atoms with E-state index in [1.165, 1.54) is 4.90 Å². The third-order valence-electron chi connectivity index (χ3n) is 7.57. The molecule has 1 aromatic carbocycles. The van der Waals surface area contributed by atoms with Crippen molar-refractivity contribution in [3.8, 4) is 17.5 Å². The summed E-state index contributed by atoms with van der Waals surface area (Å²) in [5.74, 6) is -2.15. The van der Waals surface area contributed by atoms with Crippen molar-refractivity contribution < 1.29 is 49.4 Å². The molecular weight excluding hydrogens is 606 g/mol. The smallest absolute Gasteiger partial charge is 0.404 e. The van der Waals surface area contributed by atoms with Gasteiger partial charge in [-0.25, -0.2) is 13.4 Å². The summed E-state index contributed by atoms with van der Waals surface area (Å²) in [6.07, 6.45) is -7.79. The Balaban J connectivity index is 1.95. The summed E-state index contributed by atoms with van der Waals surface area (Å²) in [7, 11) is -3.30. The van der Waals surface area contributed by atoms with Gasteiger partial charge in [0.1, 0.15) is 21.6 Å². The van der Waals surface area contributed by atoms with Crippen molar-refractivity contribution in [3.63, 3.8) is 0 Å². The minimum Gasteiger partial charge on any atom is -0.404 e. The van der Waals surface area contributed by atoms with Gasteiger partial charge in [0.05, 0.1) is 22.0 Å². The monoisotopic (exact) mass is 638 g/mol. The van der Waals surface area contributed by atoms with Gasteiger partial charge >= 0.3 is 12.5 Å². The van der Waals surface area contributed by atoms with Crippen molar-refractivity contribution in [2.45, 2.75) is 76.3 Å². The first-order valence-corrected chi connectivity index (χ1v) is 15.2. The molecule has 238 valence electrons. The van der Waals surface area contributed by atoms with Crippen LogP contribution in [0.3, 0.4) is 0 Å². The molecule has 43 heavy (non-hydrogen) atoms. The molecule has 1 aliphatic carbocycles. The van der Waals surface area contributed by atoms with Crippen LogP contribution < -0.4 is 4.74 Å². The second-order valence-electron chi connectivity index (χ2n) is 11.4. The molecule has 0 radical (unpaired) electrons. The summed E-state index contributed by atoms with van der Waals surface area (Å²) >= 11 is 0. The van der Waals surface area contributed by atoms with Gasteiger partial charge in [0.25, 0.3) is 5.91 Å². The Kier molecular flexibility index (Phi) is 9.53. The van der Waals surface area contributed by atoms with Crippen LogP contribution in [0, 0.1) is 16.7 Å². The van der Waals surface area contributed by atoms with Gasteiger partial charge in [-0.3, -0.25) is 9.36 Å². The number of nitrogens with zero attached hydrogens (tertiary/aromatic N) is 4. The zero-order valence-electron chi connectivity index (χ0n) is 23.9. The summed E-state index contributed by atoms with van der Waals surface area (Å²) in [4.78, 5) is 18.5. The average Bonchev–Trinajstić information content (AvgIpc) is 3.29. The van der Waals surface area contributed by atoms with Crippen LogP contribution in [0.5, 0.6) is 5.75 Å². The first-order valence-electron chi connectivity index (χ1n) is 13.2. The second kappa shape index (κ2) is 12.0. The minimum atomic E-state index is -5.23. The van der Waals surface area contributed by atoms with Crippen molar-refractivity contribution in [1.29, 1.82) is 5.26 Å². The number of carbonyl (C=O) groups excluding carboxylic acids is 1. The van der Waals surface area contributed by atoms with Crippen LogP contribution in [0.4, 0.5) is 26.3 Å². The van der Waals surface area contributed by atoms with E-state index in [9.17, 15) is 49.9 Å². The number of alkyl halides is 6. The lowest BCUT2D eigenvalue weighted by molar-refractivity contribution is -0.274. The topological polar surface area (TPSA) is 126 Å². The molecule has 16 heteroatoms. The van der Waals surface area contributed by atoms with E-state index in [1.807, 2.05) is 0 Å². The third kappa shape index (κ3) is 8.20. The quantitative estimate of drug-likeness (QED) is 0.385. The van der Waals surface area contributed by atoms with Gasteiger partial charge in [-0.1, -0.05) is 19.9 Å². The second-order valence-corrected chi connectivity index (χ2v) is 13.7. The molecule has 1 saturated carbocycles. The van der Waals surface area contributed by atoms with E-state index >= 15 is 0 Å². The first kappa shape index (κ1) is 34.2. The highest BCUT2D eigenvalue weighted by Crippen LogP contribution is 2.41. The van der Waals surface area contributed by atoms with Crippen LogP contribution in [-0.4, -0.2) is 76.6 Å². The van der Waals surface area contributed by atoms with E-state index in [2.05, 4.69) is 9.72 Å². The molecule has 0 unspecified atom stereocenters. The summed E-state index contributed by atoms with van der Waals surface area (Å²) < 4.78 is 109. The number of sulfone groups is 1. The highest BCUT2D eigenvalue weighted by Gasteiger charge is 2.47. The number of ether oxygens (including phenoxy) is 1. The van der Waals surface area contributed by atoms with Crippen molar-refractivity contribution in [3.05, 3.63) is 41.5 Å². The molecule has 0 bridgehead atoms. The standard InChI is InChI=1S/C27H32F6N4O5S/c1-5-36(16-25(39)10-8-18(9-11-25)43(4,40)41)23(38)19-15-37(22(14-34)35-19)20-7-6-17(12-21(20)42-27(31,32)33)13-24(2,3)26(28,29)30/h6-7,12,15,18,39H,5,8-11,13,16H2,1-4H3. The number of hydrogen-bond donors (Lipinski definition) is 1. The van der Waals surface area contributed by atoms with Crippen LogP contribution in [0.1, 0.15) is 68.3 Å². The predicted molar refractivity (Wildman–Crippen MR) is 142 cm³/mol. The normalized spacial score (nSPS) is 20.0. The highest BCUT2D eigenvalue weighted by molar-refractivity contribution is 7.91. The van der Waals surface area contributed by atoms with Crippen LogP contribution in [0.25, 0.3) is 5.69 Å². The largest absolute Gasteiger partial charge is 0.573 e. The van der Waals surface area contributed by atoms with Gasteiger partial charge in [0, 0.05) is 25.5 Å². The summed E-state index contributed by atoms with van der Waals surface area (Å²) in [5, 5.41) is 20.1. The van der Waals surface area contributed by atoms with Gasteiger partial charge in [-0.05, 0) is 56.7 Å². The minimum absolute atomic E-state index is 0.0809. The molecule has 1 amide bonds. The first-order chi connectivity index (χ1) is 19.6. The molecule has 1 N–H and O–H groups in total. The SMILES string of the molecule is CCN(CC1(O)CCC(S(C)(=O)=O)CC1)C(=O)c1cn(-c2ccc(CC(C)(C)C(F)(F)F)cc2OC(F)(F)F)c(C#N)n1. The number of nitriles is 1. The van der Waals surface area contributed by atoms with Crippen molar-refractivity contribution in [2.24, 2.45) is 5.41 Å². The summed E-state index contributed by atoms with van der Waals surface area (Å²) in [5.41, 5.74) is -4.51. The van der Waals surface area contributed by atoms with Gasteiger partial charge in [-0.15, -0.1) is 13.2 Å². The number of rotatable bonds is 9.